The Kier molecular flexibility index (Phi) is 5.77. The van der Waals surface area contributed by atoms with Gasteiger partial charge in [0.05, 0.1) is 29.6 Å². The molecular weight excluding hydrogens is 456 g/mol. The minimum Gasteiger partial charge on any atom is -0.496 e. The van der Waals surface area contributed by atoms with E-state index in [9.17, 15) is 4.79 Å². The van der Waals surface area contributed by atoms with Crippen LogP contribution in [-0.4, -0.2) is 36.1 Å². The minimum atomic E-state index is -0.293. The first-order valence-electron chi connectivity index (χ1n) is 12.2. The molecule has 1 aliphatic heterocycles. The number of nitrogens with zero attached hydrogens (tertiary/aromatic N) is 4. The number of furan rings is 2. The summed E-state index contributed by atoms with van der Waals surface area (Å²) in [6.45, 7) is 1.97. The van der Waals surface area contributed by atoms with Crippen molar-refractivity contribution in [1.29, 1.82) is 0 Å². The molecule has 1 aliphatic rings. The Labute approximate surface area is 207 Å². The number of aromatic nitrogens is 2. The number of ether oxygens (including phenoxy) is 1. The number of para-hydroxylation sites is 1. The fourth-order valence-electron chi connectivity index (χ4n) is 4.70. The predicted octanol–water partition coefficient (Wildman–Crippen LogP) is 5.67. The zero-order valence-corrected chi connectivity index (χ0v) is 20.0. The third-order valence-corrected chi connectivity index (χ3v) is 6.55. The molecular formula is C28H26N4O4. The average molecular weight is 483 g/mol. The highest BCUT2D eigenvalue weighted by Gasteiger charge is 2.18. The number of fused-ring (bicyclic) bond motifs is 2. The average Bonchev–Trinajstić information content (AvgIpc) is 3.47. The Bertz CT molecular complexity index is 1620. The molecule has 36 heavy (non-hydrogen) atoms. The van der Waals surface area contributed by atoms with Gasteiger partial charge in [-0.3, -0.25) is 4.79 Å². The molecule has 2 aromatic carbocycles. The van der Waals surface area contributed by atoms with E-state index in [1.54, 1.807) is 25.5 Å². The second-order valence-electron chi connectivity index (χ2n) is 8.87. The standard InChI is InChI=1S/C28H26N4O4/c1-34-23-11-8-12-24-21(23)17-25(36-24)27-30-22-10-5-4-9-20(22)28(33)32(27)29-18-19-13-14-26(35-19)31-15-6-2-3-7-16-31/h4-5,8-14,17-18H,2-3,6-7,15-16H2,1H3. The maximum absolute atomic E-state index is 13.5. The summed E-state index contributed by atoms with van der Waals surface area (Å²) in [6, 6.07) is 18.4. The van der Waals surface area contributed by atoms with E-state index in [4.69, 9.17) is 18.6 Å². The van der Waals surface area contributed by atoms with Crippen LogP contribution in [-0.2, 0) is 0 Å². The van der Waals surface area contributed by atoms with Gasteiger partial charge in [0.25, 0.3) is 5.56 Å². The summed E-state index contributed by atoms with van der Waals surface area (Å²) in [5.41, 5.74) is 0.909. The van der Waals surface area contributed by atoms with Crippen LogP contribution in [0.4, 0.5) is 5.88 Å². The molecule has 5 aromatic rings. The van der Waals surface area contributed by atoms with Crippen LogP contribution in [0, 0.1) is 0 Å². The van der Waals surface area contributed by atoms with E-state index in [1.165, 1.54) is 17.5 Å². The van der Waals surface area contributed by atoms with Crippen molar-refractivity contribution in [3.05, 3.63) is 76.8 Å². The minimum absolute atomic E-state index is 0.293. The van der Waals surface area contributed by atoms with Crippen LogP contribution in [0.3, 0.4) is 0 Å². The number of hydrogen-bond acceptors (Lipinski definition) is 7. The van der Waals surface area contributed by atoms with Crippen LogP contribution in [0.15, 0.2) is 79.4 Å². The fourth-order valence-corrected chi connectivity index (χ4v) is 4.70. The lowest BCUT2D eigenvalue weighted by molar-refractivity contribution is 0.419. The van der Waals surface area contributed by atoms with E-state index >= 15 is 0 Å². The van der Waals surface area contributed by atoms with Gasteiger partial charge in [-0.05, 0) is 49.2 Å². The molecule has 0 aliphatic carbocycles. The summed E-state index contributed by atoms with van der Waals surface area (Å²) in [7, 11) is 1.61. The lowest BCUT2D eigenvalue weighted by Crippen LogP contribution is -2.23. The van der Waals surface area contributed by atoms with Crippen LogP contribution >= 0.6 is 0 Å². The van der Waals surface area contributed by atoms with Crippen LogP contribution in [0.2, 0.25) is 0 Å². The van der Waals surface area contributed by atoms with Gasteiger partial charge in [-0.1, -0.05) is 31.0 Å². The van der Waals surface area contributed by atoms with Gasteiger partial charge >= 0.3 is 0 Å². The van der Waals surface area contributed by atoms with E-state index in [0.717, 1.165) is 37.2 Å². The molecule has 0 amide bonds. The van der Waals surface area contributed by atoms with Gasteiger partial charge < -0.3 is 18.5 Å². The molecule has 1 fully saturated rings. The van der Waals surface area contributed by atoms with Gasteiger partial charge in [0.2, 0.25) is 5.82 Å². The van der Waals surface area contributed by atoms with Crippen molar-refractivity contribution < 1.29 is 13.6 Å². The summed E-state index contributed by atoms with van der Waals surface area (Å²) < 4.78 is 18.9. The highest BCUT2D eigenvalue weighted by Crippen LogP contribution is 2.33. The van der Waals surface area contributed by atoms with Gasteiger partial charge in [-0.15, -0.1) is 0 Å². The van der Waals surface area contributed by atoms with Crippen molar-refractivity contribution in [3.63, 3.8) is 0 Å². The quantitative estimate of drug-likeness (QED) is 0.300. The summed E-state index contributed by atoms with van der Waals surface area (Å²) in [6.07, 6.45) is 6.37. The third-order valence-electron chi connectivity index (χ3n) is 6.55. The van der Waals surface area contributed by atoms with Gasteiger partial charge in [-0.2, -0.15) is 9.78 Å². The van der Waals surface area contributed by atoms with Gasteiger partial charge in [-0.25, -0.2) is 4.98 Å². The molecule has 0 saturated carbocycles. The number of anilines is 1. The predicted molar refractivity (Wildman–Crippen MR) is 140 cm³/mol. The van der Waals surface area contributed by atoms with Crippen molar-refractivity contribution in [1.82, 2.24) is 9.66 Å². The second kappa shape index (κ2) is 9.37. The van der Waals surface area contributed by atoms with Crippen molar-refractivity contribution >= 4 is 34.0 Å². The Morgan fingerprint density at radius 3 is 2.61 bits per heavy atom. The molecule has 8 heteroatoms. The normalized spacial score (nSPS) is 14.6. The number of hydrogen-bond donors (Lipinski definition) is 0. The lowest BCUT2D eigenvalue weighted by atomic mass is 10.2. The van der Waals surface area contributed by atoms with E-state index in [1.807, 2.05) is 48.5 Å². The molecule has 0 radical (unpaired) electrons. The molecule has 3 aromatic heterocycles. The summed E-state index contributed by atoms with van der Waals surface area (Å²) in [4.78, 5) is 20.5. The SMILES string of the molecule is COc1cccc2oc(-c3nc4ccccc4c(=O)n3N=Cc3ccc(N4CCCCCC4)o3)cc12. The van der Waals surface area contributed by atoms with E-state index < -0.39 is 0 Å². The molecule has 0 spiro atoms. The smallest absolute Gasteiger partial charge is 0.282 e. The second-order valence-corrected chi connectivity index (χ2v) is 8.87. The summed E-state index contributed by atoms with van der Waals surface area (Å²) in [5.74, 6) is 2.78. The molecule has 0 unspecified atom stereocenters. The highest BCUT2D eigenvalue weighted by atomic mass is 16.5. The molecule has 0 atom stereocenters. The number of methoxy groups -OCH3 is 1. The summed E-state index contributed by atoms with van der Waals surface area (Å²) >= 11 is 0. The van der Waals surface area contributed by atoms with Crippen LogP contribution in [0.1, 0.15) is 31.4 Å². The van der Waals surface area contributed by atoms with Gasteiger partial charge in [0.15, 0.2) is 11.6 Å². The first-order chi connectivity index (χ1) is 17.7. The van der Waals surface area contributed by atoms with Gasteiger partial charge in [0, 0.05) is 19.2 Å². The van der Waals surface area contributed by atoms with Crippen molar-refractivity contribution in [3.8, 4) is 17.3 Å². The zero-order chi connectivity index (χ0) is 24.5. The van der Waals surface area contributed by atoms with E-state index in [0.29, 0.717) is 39.6 Å². The largest absolute Gasteiger partial charge is 0.496 e. The fraction of sp³-hybridized carbons (Fsp3) is 0.250. The maximum Gasteiger partial charge on any atom is 0.282 e. The lowest BCUT2D eigenvalue weighted by Gasteiger charge is -2.18. The van der Waals surface area contributed by atoms with E-state index in [2.05, 4.69) is 10.0 Å². The molecule has 182 valence electrons. The topological polar surface area (TPSA) is 86.0 Å². The highest BCUT2D eigenvalue weighted by molar-refractivity contribution is 5.88. The number of benzene rings is 2. The Morgan fingerprint density at radius 2 is 1.78 bits per heavy atom. The molecule has 0 bridgehead atoms. The van der Waals surface area contributed by atoms with E-state index in [-0.39, 0.29) is 5.56 Å². The Hall–Kier alpha value is -4.33. The molecule has 8 nitrogen and oxygen atoms in total. The van der Waals surface area contributed by atoms with Crippen molar-refractivity contribution in [2.45, 2.75) is 25.7 Å². The monoisotopic (exact) mass is 482 g/mol. The Balaban J connectivity index is 1.43. The molecule has 1 saturated heterocycles. The van der Waals surface area contributed by atoms with Crippen LogP contribution < -0.4 is 15.2 Å². The molecule has 6 rings (SSSR count). The maximum atomic E-state index is 13.5. The molecule has 4 heterocycles. The van der Waals surface area contributed by atoms with Crippen molar-refractivity contribution in [2.24, 2.45) is 5.10 Å². The first kappa shape index (κ1) is 22.2. The number of rotatable bonds is 5. The van der Waals surface area contributed by atoms with Crippen LogP contribution in [0.5, 0.6) is 5.75 Å². The summed E-state index contributed by atoms with van der Waals surface area (Å²) in [5, 5.41) is 5.77. The van der Waals surface area contributed by atoms with Gasteiger partial charge in [0.1, 0.15) is 17.1 Å². The molecule has 0 N–H and O–H groups in total. The zero-order valence-electron chi connectivity index (χ0n) is 20.0. The third kappa shape index (κ3) is 4.04. The first-order valence-corrected chi connectivity index (χ1v) is 12.2. The van der Waals surface area contributed by atoms with Crippen LogP contribution in [0.25, 0.3) is 33.5 Å². The Morgan fingerprint density at radius 1 is 0.944 bits per heavy atom. The van der Waals surface area contributed by atoms with Crippen molar-refractivity contribution in [2.75, 3.05) is 25.1 Å².